The van der Waals surface area contributed by atoms with Crippen LogP contribution in [0, 0.1) is 5.92 Å². The third kappa shape index (κ3) is 4.86. The van der Waals surface area contributed by atoms with E-state index in [9.17, 15) is 8.42 Å². The number of benzene rings is 2. The first-order valence-electron chi connectivity index (χ1n) is 9.86. The highest BCUT2D eigenvalue weighted by Gasteiger charge is 2.27. The van der Waals surface area contributed by atoms with E-state index in [2.05, 4.69) is 11.8 Å². The topological polar surface area (TPSA) is 49.9 Å². The maximum atomic E-state index is 12.7. The van der Waals surface area contributed by atoms with Crippen molar-refractivity contribution in [1.82, 2.24) is 4.90 Å². The van der Waals surface area contributed by atoms with Gasteiger partial charge in [0.05, 0.1) is 19.1 Å². The van der Waals surface area contributed by atoms with Crippen LogP contribution in [0.15, 0.2) is 48.5 Å². The van der Waals surface area contributed by atoms with Crippen LogP contribution in [0.3, 0.4) is 0 Å². The second kappa shape index (κ2) is 8.97. The lowest BCUT2D eigenvalue weighted by molar-refractivity contribution is 0.196. The Morgan fingerprint density at radius 1 is 1.11 bits per heavy atom. The van der Waals surface area contributed by atoms with Gasteiger partial charge < -0.3 is 9.64 Å². The van der Waals surface area contributed by atoms with Gasteiger partial charge >= 0.3 is 0 Å². The van der Waals surface area contributed by atoms with Crippen molar-refractivity contribution in [2.75, 3.05) is 43.8 Å². The quantitative estimate of drug-likeness (QED) is 0.706. The molecule has 1 saturated heterocycles. The Labute approximate surface area is 169 Å². The molecule has 0 atom stereocenters. The van der Waals surface area contributed by atoms with Crippen LogP contribution in [0.5, 0.6) is 5.75 Å². The second-order valence-corrected chi connectivity index (χ2v) is 9.33. The Morgan fingerprint density at radius 3 is 2.36 bits per heavy atom. The highest BCUT2D eigenvalue weighted by atomic mass is 32.2. The van der Waals surface area contributed by atoms with Gasteiger partial charge in [0.2, 0.25) is 10.0 Å². The van der Waals surface area contributed by atoms with E-state index in [0.717, 1.165) is 43.6 Å². The molecule has 0 bridgehead atoms. The lowest BCUT2D eigenvalue weighted by Gasteiger charge is -2.35. The molecule has 0 unspecified atom stereocenters. The summed E-state index contributed by atoms with van der Waals surface area (Å²) >= 11 is 0. The molecule has 0 spiro atoms. The van der Waals surface area contributed by atoms with Crippen LogP contribution in [0.25, 0.3) is 11.1 Å². The van der Waals surface area contributed by atoms with Gasteiger partial charge in [-0.25, -0.2) is 8.42 Å². The summed E-state index contributed by atoms with van der Waals surface area (Å²) in [6.45, 7) is 5.81. The molecule has 2 aromatic carbocycles. The summed E-state index contributed by atoms with van der Waals surface area (Å²) in [5.41, 5.74) is 2.56. The molecule has 1 aliphatic rings. The molecule has 0 N–H and O–H groups in total. The molecular formula is C22H30N2O3S. The highest BCUT2D eigenvalue weighted by molar-refractivity contribution is 7.92. The van der Waals surface area contributed by atoms with E-state index in [-0.39, 0.29) is 0 Å². The van der Waals surface area contributed by atoms with Gasteiger partial charge in [0.25, 0.3) is 0 Å². The fourth-order valence-corrected chi connectivity index (χ4v) is 4.84. The SMILES string of the molecule is CCN1CCC(CN(c2ccc(OC)cc2-c2ccccc2)S(C)(=O)=O)CC1. The number of hydrogen-bond donors (Lipinski definition) is 0. The monoisotopic (exact) mass is 402 g/mol. The van der Waals surface area contributed by atoms with Crippen molar-refractivity contribution < 1.29 is 13.2 Å². The Kier molecular flexibility index (Phi) is 6.62. The van der Waals surface area contributed by atoms with E-state index in [1.54, 1.807) is 11.4 Å². The molecule has 0 radical (unpaired) electrons. The summed E-state index contributed by atoms with van der Waals surface area (Å²) in [5, 5.41) is 0. The maximum Gasteiger partial charge on any atom is 0.232 e. The first-order chi connectivity index (χ1) is 13.4. The Morgan fingerprint density at radius 2 is 1.79 bits per heavy atom. The largest absolute Gasteiger partial charge is 0.497 e. The van der Waals surface area contributed by atoms with Crippen molar-refractivity contribution >= 4 is 15.7 Å². The van der Waals surface area contributed by atoms with E-state index in [0.29, 0.717) is 23.9 Å². The second-order valence-electron chi connectivity index (χ2n) is 7.42. The fourth-order valence-electron chi connectivity index (χ4n) is 3.84. The predicted molar refractivity (Wildman–Crippen MR) is 115 cm³/mol. The molecule has 6 heteroatoms. The first-order valence-corrected chi connectivity index (χ1v) is 11.7. The summed E-state index contributed by atoms with van der Waals surface area (Å²) in [4.78, 5) is 2.42. The molecule has 28 heavy (non-hydrogen) atoms. The lowest BCUT2D eigenvalue weighted by Crippen LogP contribution is -2.40. The van der Waals surface area contributed by atoms with Crippen LogP contribution < -0.4 is 9.04 Å². The summed E-state index contributed by atoms with van der Waals surface area (Å²) < 4.78 is 32.5. The van der Waals surface area contributed by atoms with Crippen LogP contribution in [0.2, 0.25) is 0 Å². The minimum absolute atomic E-state index is 0.364. The maximum absolute atomic E-state index is 12.7. The fraction of sp³-hybridized carbons (Fsp3) is 0.455. The predicted octanol–water partition coefficient (Wildman–Crippen LogP) is 3.86. The van der Waals surface area contributed by atoms with Gasteiger partial charge in [0, 0.05) is 12.1 Å². The van der Waals surface area contributed by atoms with Crippen molar-refractivity contribution in [3.05, 3.63) is 48.5 Å². The van der Waals surface area contributed by atoms with Crippen molar-refractivity contribution in [2.24, 2.45) is 5.92 Å². The number of nitrogens with zero attached hydrogens (tertiary/aromatic N) is 2. The van der Waals surface area contributed by atoms with E-state index in [4.69, 9.17) is 4.74 Å². The zero-order valence-electron chi connectivity index (χ0n) is 17.0. The van der Waals surface area contributed by atoms with Gasteiger partial charge in [-0.1, -0.05) is 37.3 Å². The molecule has 2 aromatic rings. The summed E-state index contributed by atoms with van der Waals surface area (Å²) in [7, 11) is -1.78. The standard InChI is InChI=1S/C22H30N2O3S/c1-4-23-14-12-18(13-15-23)17-24(28(3,25)26)22-11-10-20(27-2)16-21(22)19-8-6-5-7-9-19/h5-11,16,18H,4,12-15,17H2,1-3H3. The number of anilines is 1. The van der Waals surface area contributed by atoms with Crippen LogP contribution in [-0.2, 0) is 10.0 Å². The average molecular weight is 403 g/mol. The van der Waals surface area contributed by atoms with Gasteiger partial charge in [0.15, 0.2) is 0 Å². The molecule has 0 amide bonds. The van der Waals surface area contributed by atoms with E-state index < -0.39 is 10.0 Å². The Bertz CT molecular complexity index is 876. The van der Waals surface area contributed by atoms with Crippen LogP contribution >= 0.6 is 0 Å². The third-order valence-electron chi connectivity index (χ3n) is 5.54. The number of methoxy groups -OCH3 is 1. The molecule has 3 rings (SSSR count). The van der Waals surface area contributed by atoms with E-state index in [1.165, 1.54) is 6.26 Å². The number of ether oxygens (including phenoxy) is 1. The first kappa shape index (κ1) is 20.7. The molecule has 0 aliphatic carbocycles. The molecule has 1 aliphatic heterocycles. The summed E-state index contributed by atoms with van der Waals surface area (Å²) in [6.07, 6.45) is 3.35. The molecule has 1 fully saturated rings. The van der Waals surface area contributed by atoms with Crippen molar-refractivity contribution in [3.63, 3.8) is 0 Å². The summed E-state index contributed by atoms with van der Waals surface area (Å²) in [5.74, 6) is 1.08. The zero-order chi connectivity index (χ0) is 20.1. The van der Waals surface area contributed by atoms with E-state index >= 15 is 0 Å². The lowest BCUT2D eigenvalue weighted by atomic mass is 9.96. The Balaban J connectivity index is 1.97. The average Bonchev–Trinajstić information content (AvgIpc) is 2.72. The van der Waals surface area contributed by atoms with Gasteiger partial charge in [-0.3, -0.25) is 4.31 Å². The molecule has 0 aromatic heterocycles. The minimum Gasteiger partial charge on any atom is -0.497 e. The molecule has 0 saturated carbocycles. The van der Waals surface area contributed by atoms with Gasteiger partial charge in [-0.15, -0.1) is 0 Å². The van der Waals surface area contributed by atoms with Gasteiger partial charge in [0.1, 0.15) is 5.75 Å². The molecule has 1 heterocycles. The molecule has 152 valence electrons. The van der Waals surface area contributed by atoms with Gasteiger partial charge in [-0.2, -0.15) is 0 Å². The van der Waals surface area contributed by atoms with Crippen molar-refractivity contribution in [3.8, 4) is 16.9 Å². The Hall–Kier alpha value is -2.05. The van der Waals surface area contributed by atoms with Crippen molar-refractivity contribution in [1.29, 1.82) is 0 Å². The van der Waals surface area contributed by atoms with E-state index in [1.807, 2.05) is 48.5 Å². The normalized spacial score (nSPS) is 16.1. The number of likely N-dealkylation sites (tertiary alicyclic amines) is 1. The van der Waals surface area contributed by atoms with Crippen LogP contribution in [0.1, 0.15) is 19.8 Å². The minimum atomic E-state index is -3.41. The van der Waals surface area contributed by atoms with Crippen LogP contribution in [-0.4, -0.2) is 52.9 Å². The van der Waals surface area contributed by atoms with Crippen molar-refractivity contribution in [2.45, 2.75) is 19.8 Å². The third-order valence-corrected chi connectivity index (χ3v) is 6.68. The highest BCUT2D eigenvalue weighted by Crippen LogP contribution is 2.36. The number of piperidine rings is 1. The van der Waals surface area contributed by atoms with Crippen LogP contribution in [0.4, 0.5) is 5.69 Å². The number of sulfonamides is 1. The molecule has 5 nitrogen and oxygen atoms in total. The number of rotatable bonds is 7. The number of hydrogen-bond acceptors (Lipinski definition) is 4. The summed E-state index contributed by atoms with van der Waals surface area (Å²) in [6, 6.07) is 15.5. The van der Waals surface area contributed by atoms with Gasteiger partial charge in [-0.05, 0) is 62.2 Å². The smallest absolute Gasteiger partial charge is 0.232 e. The zero-order valence-corrected chi connectivity index (χ0v) is 17.8. The molecular weight excluding hydrogens is 372 g/mol.